The highest BCUT2D eigenvalue weighted by molar-refractivity contribution is 5.94. The fraction of sp³-hybridized carbons (Fsp3) is 0.350. The molecule has 26 heavy (non-hydrogen) atoms. The highest BCUT2D eigenvalue weighted by Gasteiger charge is 2.07. The van der Waals surface area contributed by atoms with E-state index in [0.717, 1.165) is 35.8 Å². The van der Waals surface area contributed by atoms with Crippen molar-refractivity contribution in [3.05, 3.63) is 48.5 Å². The Bertz CT molecular complexity index is 689. The molecule has 0 fully saturated rings. The SMILES string of the molecule is CCOc1ccc(OCC)c(NC(N)=NCCCNc2ccccc2)c1. The number of nitrogens with zero attached hydrogens (tertiary/aromatic N) is 1. The van der Waals surface area contributed by atoms with Gasteiger partial charge in [0.2, 0.25) is 0 Å². The highest BCUT2D eigenvalue weighted by Crippen LogP contribution is 2.29. The smallest absolute Gasteiger partial charge is 0.193 e. The minimum atomic E-state index is 0.360. The van der Waals surface area contributed by atoms with Crippen molar-refractivity contribution in [2.75, 3.05) is 36.9 Å². The van der Waals surface area contributed by atoms with Crippen LogP contribution >= 0.6 is 0 Å². The predicted molar refractivity (Wildman–Crippen MR) is 108 cm³/mol. The number of aliphatic imine (C=N–C) groups is 1. The Morgan fingerprint density at radius 2 is 1.81 bits per heavy atom. The van der Waals surface area contributed by atoms with E-state index in [0.29, 0.717) is 25.7 Å². The number of ether oxygens (including phenoxy) is 2. The average molecular weight is 356 g/mol. The molecule has 0 saturated carbocycles. The number of benzene rings is 2. The quantitative estimate of drug-likeness (QED) is 0.343. The number of para-hydroxylation sites is 1. The van der Waals surface area contributed by atoms with Crippen LogP contribution in [0.5, 0.6) is 11.5 Å². The molecule has 0 aromatic heterocycles. The molecule has 0 aliphatic heterocycles. The Morgan fingerprint density at radius 1 is 1.04 bits per heavy atom. The third-order valence-electron chi connectivity index (χ3n) is 3.54. The van der Waals surface area contributed by atoms with Crippen LogP contribution in [-0.2, 0) is 0 Å². The third kappa shape index (κ3) is 6.55. The molecule has 140 valence electrons. The van der Waals surface area contributed by atoms with Crippen LogP contribution in [0.25, 0.3) is 0 Å². The largest absolute Gasteiger partial charge is 0.494 e. The Kier molecular flexibility index (Phi) is 8.12. The van der Waals surface area contributed by atoms with Gasteiger partial charge in [-0.3, -0.25) is 4.99 Å². The first-order valence-corrected chi connectivity index (χ1v) is 8.98. The van der Waals surface area contributed by atoms with Crippen molar-refractivity contribution in [1.29, 1.82) is 0 Å². The molecule has 4 N–H and O–H groups in total. The summed E-state index contributed by atoms with van der Waals surface area (Å²) in [4.78, 5) is 4.37. The molecule has 6 heteroatoms. The molecule has 2 aromatic carbocycles. The Labute approximate surface area is 155 Å². The molecule has 0 saturated heterocycles. The van der Waals surface area contributed by atoms with Gasteiger partial charge in [0.25, 0.3) is 0 Å². The van der Waals surface area contributed by atoms with Gasteiger partial charge in [0.05, 0.1) is 18.9 Å². The van der Waals surface area contributed by atoms with Crippen LogP contribution in [0.3, 0.4) is 0 Å². The second-order valence-electron chi connectivity index (χ2n) is 5.56. The number of rotatable bonds is 10. The zero-order valence-corrected chi connectivity index (χ0v) is 15.5. The summed E-state index contributed by atoms with van der Waals surface area (Å²) in [5.74, 6) is 1.84. The van der Waals surface area contributed by atoms with Crippen molar-refractivity contribution >= 4 is 17.3 Å². The molecule has 0 heterocycles. The molecule has 0 amide bonds. The van der Waals surface area contributed by atoms with Gasteiger partial charge in [0.15, 0.2) is 5.96 Å². The predicted octanol–water partition coefficient (Wildman–Crippen LogP) is 3.71. The highest BCUT2D eigenvalue weighted by atomic mass is 16.5. The lowest BCUT2D eigenvalue weighted by Gasteiger charge is -2.14. The lowest BCUT2D eigenvalue weighted by Crippen LogP contribution is -2.23. The first-order chi connectivity index (χ1) is 12.7. The second kappa shape index (κ2) is 10.9. The second-order valence-corrected chi connectivity index (χ2v) is 5.56. The monoisotopic (exact) mass is 356 g/mol. The summed E-state index contributed by atoms with van der Waals surface area (Å²) >= 11 is 0. The van der Waals surface area contributed by atoms with E-state index in [1.54, 1.807) is 0 Å². The summed E-state index contributed by atoms with van der Waals surface area (Å²) in [5.41, 5.74) is 7.87. The van der Waals surface area contributed by atoms with E-state index in [1.165, 1.54) is 0 Å². The molecule has 0 spiro atoms. The van der Waals surface area contributed by atoms with Crippen molar-refractivity contribution in [3.63, 3.8) is 0 Å². The van der Waals surface area contributed by atoms with E-state index >= 15 is 0 Å². The molecule has 0 aliphatic rings. The summed E-state index contributed by atoms with van der Waals surface area (Å²) in [6.07, 6.45) is 0.884. The number of hydrogen-bond donors (Lipinski definition) is 3. The van der Waals surface area contributed by atoms with Crippen molar-refractivity contribution in [2.24, 2.45) is 10.7 Å². The molecule has 6 nitrogen and oxygen atoms in total. The lowest BCUT2D eigenvalue weighted by atomic mass is 10.2. The first-order valence-electron chi connectivity index (χ1n) is 8.98. The fourth-order valence-corrected chi connectivity index (χ4v) is 2.39. The molecule has 0 radical (unpaired) electrons. The number of hydrogen-bond acceptors (Lipinski definition) is 4. The van der Waals surface area contributed by atoms with Gasteiger partial charge in [-0.2, -0.15) is 0 Å². The molecule has 0 unspecified atom stereocenters. The van der Waals surface area contributed by atoms with E-state index in [-0.39, 0.29) is 0 Å². The van der Waals surface area contributed by atoms with Crippen LogP contribution in [-0.4, -0.2) is 32.3 Å². The average Bonchev–Trinajstić information content (AvgIpc) is 2.65. The third-order valence-corrected chi connectivity index (χ3v) is 3.54. The van der Waals surface area contributed by atoms with Gasteiger partial charge in [-0.25, -0.2) is 0 Å². The van der Waals surface area contributed by atoms with Gasteiger partial charge in [-0.15, -0.1) is 0 Å². The van der Waals surface area contributed by atoms with Crippen LogP contribution in [0.4, 0.5) is 11.4 Å². The summed E-state index contributed by atoms with van der Waals surface area (Å²) < 4.78 is 11.2. The van der Waals surface area contributed by atoms with Crippen LogP contribution in [0.15, 0.2) is 53.5 Å². The lowest BCUT2D eigenvalue weighted by molar-refractivity contribution is 0.332. The van der Waals surface area contributed by atoms with Gasteiger partial charge in [-0.05, 0) is 44.5 Å². The standard InChI is InChI=1S/C20H28N4O2/c1-3-25-17-11-12-19(26-4-2)18(15-17)24-20(21)23-14-8-13-22-16-9-6-5-7-10-16/h5-7,9-12,15,22H,3-4,8,13-14H2,1-2H3,(H3,21,23,24). The van der Waals surface area contributed by atoms with Crippen molar-refractivity contribution < 1.29 is 9.47 Å². The Balaban J connectivity index is 1.85. The Hall–Kier alpha value is -2.89. The molecule has 0 atom stereocenters. The van der Waals surface area contributed by atoms with Crippen LogP contribution in [0, 0.1) is 0 Å². The maximum absolute atomic E-state index is 6.01. The van der Waals surface area contributed by atoms with E-state index in [1.807, 2.05) is 62.4 Å². The van der Waals surface area contributed by atoms with Crippen molar-refractivity contribution in [2.45, 2.75) is 20.3 Å². The van der Waals surface area contributed by atoms with Gasteiger partial charge < -0.3 is 25.8 Å². The number of guanidine groups is 1. The molecular formula is C20H28N4O2. The molecular weight excluding hydrogens is 328 g/mol. The molecule has 0 bridgehead atoms. The summed E-state index contributed by atoms with van der Waals surface area (Å²) in [6, 6.07) is 15.7. The van der Waals surface area contributed by atoms with Crippen molar-refractivity contribution in [3.8, 4) is 11.5 Å². The molecule has 2 aromatic rings. The topological polar surface area (TPSA) is 80.9 Å². The van der Waals surface area contributed by atoms with Gasteiger partial charge >= 0.3 is 0 Å². The number of anilines is 2. The minimum absolute atomic E-state index is 0.360. The van der Waals surface area contributed by atoms with Gasteiger partial charge in [-0.1, -0.05) is 18.2 Å². The molecule has 0 aliphatic carbocycles. The normalized spacial score (nSPS) is 11.1. The van der Waals surface area contributed by atoms with E-state index < -0.39 is 0 Å². The van der Waals surface area contributed by atoms with E-state index in [4.69, 9.17) is 15.2 Å². The zero-order chi connectivity index (χ0) is 18.6. The number of nitrogens with two attached hydrogens (primary N) is 1. The molecule has 2 rings (SSSR count). The summed E-state index contributed by atoms with van der Waals surface area (Å²) in [5, 5.41) is 6.45. The Morgan fingerprint density at radius 3 is 2.54 bits per heavy atom. The van der Waals surface area contributed by atoms with Gasteiger partial charge in [0, 0.05) is 24.8 Å². The fourth-order valence-electron chi connectivity index (χ4n) is 2.39. The van der Waals surface area contributed by atoms with Crippen LogP contribution in [0.2, 0.25) is 0 Å². The number of nitrogens with one attached hydrogen (secondary N) is 2. The van der Waals surface area contributed by atoms with Gasteiger partial charge in [0.1, 0.15) is 11.5 Å². The summed E-state index contributed by atoms with van der Waals surface area (Å²) in [6.45, 7) is 6.54. The van der Waals surface area contributed by atoms with Crippen LogP contribution < -0.4 is 25.8 Å². The summed E-state index contributed by atoms with van der Waals surface area (Å²) in [7, 11) is 0. The minimum Gasteiger partial charge on any atom is -0.494 e. The zero-order valence-electron chi connectivity index (χ0n) is 15.5. The maximum atomic E-state index is 6.01. The van der Waals surface area contributed by atoms with Crippen molar-refractivity contribution in [1.82, 2.24) is 0 Å². The maximum Gasteiger partial charge on any atom is 0.193 e. The van der Waals surface area contributed by atoms with E-state index in [9.17, 15) is 0 Å². The first kappa shape index (κ1) is 19.4. The van der Waals surface area contributed by atoms with E-state index in [2.05, 4.69) is 15.6 Å². The van der Waals surface area contributed by atoms with Crippen LogP contribution in [0.1, 0.15) is 20.3 Å².